The van der Waals surface area contributed by atoms with Gasteiger partial charge in [0.15, 0.2) is 0 Å². The van der Waals surface area contributed by atoms with Gasteiger partial charge in [-0.25, -0.2) is 0 Å². The summed E-state index contributed by atoms with van der Waals surface area (Å²) in [6, 6.07) is 7.40. The molecule has 0 bridgehead atoms. The van der Waals surface area contributed by atoms with Gasteiger partial charge in [-0.3, -0.25) is 4.79 Å². The summed E-state index contributed by atoms with van der Waals surface area (Å²) < 4.78 is 44.1. The molecule has 128 valence electrons. The minimum atomic E-state index is -4.35. The first-order valence-electron chi connectivity index (χ1n) is 7.49. The quantitative estimate of drug-likeness (QED) is 0.899. The van der Waals surface area contributed by atoms with E-state index in [1.54, 1.807) is 14.2 Å². The average molecular weight is 330 g/mol. The zero-order chi connectivity index (χ0) is 17.0. The summed E-state index contributed by atoms with van der Waals surface area (Å²) in [4.78, 5) is 13.7. The number of ether oxygens (including phenoxy) is 1. The molecule has 1 N–H and O–H groups in total. The molecule has 0 spiro atoms. The van der Waals surface area contributed by atoms with Crippen molar-refractivity contribution in [3.63, 3.8) is 0 Å². The second-order valence-electron chi connectivity index (χ2n) is 5.73. The smallest absolute Gasteiger partial charge is 0.393 e. The molecule has 4 nitrogen and oxygen atoms in total. The molecule has 2 atom stereocenters. The van der Waals surface area contributed by atoms with Crippen LogP contribution < -0.4 is 10.1 Å². The molecule has 0 aromatic heterocycles. The number of hydrogen-bond donors (Lipinski definition) is 1. The maximum atomic E-state index is 13.0. The molecule has 7 heteroatoms. The van der Waals surface area contributed by atoms with Gasteiger partial charge in [0, 0.05) is 26.7 Å². The van der Waals surface area contributed by atoms with Crippen molar-refractivity contribution in [1.29, 1.82) is 0 Å². The third-order valence-corrected chi connectivity index (χ3v) is 4.24. The number of benzene rings is 1. The monoisotopic (exact) mass is 330 g/mol. The number of para-hydroxylation sites is 1. The van der Waals surface area contributed by atoms with E-state index in [1.165, 1.54) is 4.90 Å². The molecule has 1 heterocycles. The van der Waals surface area contributed by atoms with Crippen LogP contribution in [0.4, 0.5) is 13.2 Å². The summed E-state index contributed by atoms with van der Waals surface area (Å²) in [5.74, 6) is -2.40. The van der Waals surface area contributed by atoms with Crippen molar-refractivity contribution in [2.45, 2.75) is 12.6 Å². The zero-order valence-corrected chi connectivity index (χ0v) is 13.2. The van der Waals surface area contributed by atoms with Crippen LogP contribution in [0.3, 0.4) is 0 Å². The number of amides is 1. The molecule has 0 saturated carbocycles. The predicted molar refractivity (Wildman–Crippen MR) is 80.2 cm³/mol. The largest absolute Gasteiger partial charge is 0.496 e. The van der Waals surface area contributed by atoms with Crippen molar-refractivity contribution in [3.05, 3.63) is 29.8 Å². The third-order valence-electron chi connectivity index (χ3n) is 4.24. The third kappa shape index (κ3) is 4.16. The number of nitrogens with zero attached hydrogens (tertiary/aromatic N) is 1. The van der Waals surface area contributed by atoms with Gasteiger partial charge < -0.3 is 15.0 Å². The van der Waals surface area contributed by atoms with Crippen LogP contribution in [0.5, 0.6) is 5.75 Å². The standard InChI is InChI=1S/C16H21F3N2O2/c1-21(8-7-11-5-3-4-6-14(11)23-2)15(22)12-9-20-10-13(12)16(17,18)19/h3-6,12-13,20H,7-10H2,1-2H3/t12-,13-/m1/s1. The Balaban J connectivity index is 1.97. The molecular weight excluding hydrogens is 309 g/mol. The number of carbonyl (C=O) groups excluding carboxylic acids is 1. The first-order valence-corrected chi connectivity index (χ1v) is 7.49. The first kappa shape index (κ1) is 17.6. The summed E-state index contributed by atoms with van der Waals surface area (Å²) in [5, 5.41) is 2.67. The number of methoxy groups -OCH3 is 1. The molecule has 1 aliphatic rings. The van der Waals surface area contributed by atoms with Crippen molar-refractivity contribution in [3.8, 4) is 5.75 Å². The van der Waals surface area contributed by atoms with Gasteiger partial charge in [-0.05, 0) is 18.1 Å². The van der Waals surface area contributed by atoms with Crippen LogP contribution in [-0.4, -0.2) is 50.8 Å². The average Bonchev–Trinajstić information content (AvgIpc) is 3.01. The van der Waals surface area contributed by atoms with Crippen molar-refractivity contribution >= 4 is 5.91 Å². The maximum absolute atomic E-state index is 13.0. The number of rotatable bonds is 5. The molecule has 1 aromatic carbocycles. The van der Waals surface area contributed by atoms with Gasteiger partial charge in [0.2, 0.25) is 5.91 Å². The number of carbonyl (C=O) groups is 1. The Kier molecular flexibility index (Phi) is 5.51. The second kappa shape index (κ2) is 7.21. The number of alkyl halides is 3. The van der Waals surface area contributed by atoms with E-state index in [0.717, 1.165) is 5.56 Å². The zero-order valence-electron chi connectivity index (χ0n) is 13.2. The van der Waals surface area contributed by atoms with Gasteiger partial charge in [-0.1, -0.05) is 18.2 Å². The van der Waals surface area contributed by atoms with Crippen LogP contribution in [-0.2, 0) is 11.2 Å². The van der Waals surface area contributed by atoms with Crippen LogP contribution in [0.15, 0.2) is 24.3 Å². The molecule has 2 rings (SSSR count). The summed E-state index contributed by atoms with van der Waals surface area (Å²) >= 11 is 0. The highest BCUT2D eigenvalue weighted by Crippen LogP contribution is 2.35. The fourth-order valence-corrected chi connectivity index (χ4v) is 2.87. The van der Waals surface area contributed by atoms with E-state index in [-0.39, 0.29) is 13.1 Å². The minimum absolute atomic E-state index is 0.0714. The summed E-state index contributed by atoms with van der Waals surface area (Å²) in [5.41, 5.74) is 0.923. The Morgan fingerprint density at radius 3 is 2.70 bits per heavy atom. The van der Waals surface area contributed by atoms with E-state index in [1.807, 2.05) is 24.3 Å². The highest BCUT2D eigenvalue weighted by molar-refractivity contribution is 5.79. The van der Waals surface area contributed by atoms with Crippen molar-refractivity contribution in [1.82, 2.24) is 10.2 Å². The molecule has 1 amide bonds. The van der Waals surface area contributed by atoms with Gasteiger partial charge in [0.1, 0.15) is 5.75 Å². The fourth-order valence-electron chi connectivity index (χ4n) is 2.87. The van der Waals surface area contributed by atoms with E-state index >= 15 is 0 Å². The molecule has 1 aliphatic heterocycles. The van der Waals surface area contributed by atoms with E-state index < -0.39 is 23.9 Å². The molecule has 1 fully saturated rings. The number of hydrogen-bond acceptors (Lipinski definition) is 3. The van der Waals surface area contributed by atoms with Gasteiger partial charge >= 0.3 is 6.18 Å². The molecular formula is C16H21F3N2O2. The Bertz CT molecular complexity index is 548. The van der Waals surface area contributed by atoms with Gasteiger partial charge in [0.25, 0.3) is 0 Å². The van der Waals surface area contributed by atoms with Crippen molar-refractivity contribution < 1.29 is 22.7 Å². The molecule has 0 aliphatic carbocycles. The molecule has 23 heavy (non-hydrogen) atoms. The normalized spacial score (nSPS) is 21.3. The van der Waals surface area contributed by atoms with E-state index in [9.17, 15) is 18.0 Å². The molecule has 1 aromatic rings. The SMILES string of the molecule is COc1ccccc1CCN(C)C(=O)[C@@H]1CNC[C@H]1C(F)(F)F. The van der Waals surface area contributed by atoms with Gasteiger partial charge in [0.05, 0.1) is 18.9 Å². The predicted octanol–water partition coefficient (Wildman–Crippen LogP) is 2.09. The van der Waals surface area contributed by atoms with E-state index in [2.05, 4.69) is 5.32 Å². The van der Waals surface area contributed by atoms with Crippen LogP contribution >= 0.6 is 0 Å². The highest BCUT2D eigenvalue weighted by atomic mass is 19.4. The second-order valence-corrected chi connectivity index (χ2v) is 5.73. The number of likely N-dealkylation sites (N-methyl/N-ethyl adjacent to an activating group) is 1. The van der Waals surface area contributed by atoms with Crippen LogP contribution in [0.25, 0.3) is 0 Å². The lowest BCUT2D eigenvalue weighted by Gasteiger charge is -2.26. The van der Waals surface area contributed by atoms with Gasteiger partial charge in [-0.15, -0.1) is 0 Å². The Labute approximate surface area is 133 Å². The summed E-state index contributed by atoms with van der Waals surface area (Å²) in [7, 11) is 3.11. The highest BCUT2D eigenvalue weighted by Gasteiger charge is 2.50. The Morgan fingerprint density at radius 2 is 2.04 bits per heavy atom. The van der Waals surface area contributed by atoms with E-state index in [4.69, 9.17) is 4.74 Å². The lowest BCUT2D eigenvalue weighted by Crippen LogP contribution is -2.41. The molecule has 1 saturated heterocycles. The van der Waals surface area contributed by atoms with Crippen LogP contribution in [0.1, 0.15) is 5.56 Å². The number of halogens is 3. The summed E-state index contributed by atoms with van der Waals surface area (Å²) in [6.45, 7) is 0.225. The van der Waals surface area contributed by atoms with Gasteiger partial charge in [-0.2, -0.15) is 13.2 Å². The molecule has 0 unspecified atom stereocenters. The van der Waals surface area contributed by atoms with Crippen molar-refractivity contribution in [2.75, 3.05) is 33.8 Å². The van der Waals surface area contributed by atoms with Crippen LogP contribution in [0, 0.1) is 11.8 Å². The minimum Gasteiger partial charge on any atom is -0.496 e. The Hall–Kier alpha value is -1.76. The number of nitrogens with one attached hydrogen (secondary N) is 1. The Morgan fingerprint density at radius 1 is 1.35 bits per heavy atom. The lowest BCUT2D eigenvalue weighted by atomic mass is 9.94. The lowest BCUT2D eigenvalue weighted by molar-refractivity contribution is -0.184. The fraction of sp³-hybridized carbons (Fsp3) is 0.562. The molecule has 0 radical (unpaired) electrons. The van der Waals surface area contributed by atoms with E-state index in [0.29, 0.717) is 18.7 Å². The summed E-state index contributed by atoms with van der Waals surface area (Å²) in [6.07, 6.45) is -3.82. The topological polar surface area (TPSA) is 41.6 Å². The van der Waals surface area contributed by atoms with Crippen LogP contribution in [0.2, 0.25) is 0 Å². The first-order chi connectivity index (χ1) is 10.8. The maximum Gasteiger partial charge on any atom is 0.393 e. The van der Waals surface area contributed by atoms with Crippen molar-refractivity contribution in [2.24, 2.45) is 11.8 Å².